The zero-order chi connectivity index (χ0) is 12.0. The Balaban J connectivity index is 2.78. The van der Waals surface area contributed by atoms with Crippen molar-refractivity contribution in [2.75, 3.05) is 0 Å². The molecule has 2 bridgehead atoms. The molecule has 2 aliphatic rings. The number of nitrogens with zero attached hydrogens (tertiary/aromatic N) is 4. The van der Waals surface area contributed by atoms with Crippen molar-refractivity contribution < 1.29 is 0 Å². The van der Waals surface area contributed by atoms with Crippen LogP contribution in [0.4, 0.5) is 0 Å². The van der Waals surface area contributed by atoms with Crippen LogP contribution in [0.2, 0.25) is 0 Å². The standard InChI is InChI=1S/C11H5ClN4/c12-9-7-1-2-8(9)11(5-15,6-16)10(7,3-13)4-14/h1-2,7-9H/t7-,8+,9?. The lowest BCUT2D eigenvalue weighted by Gasteiger charge is -2.31. The third-order valence-electron chi connectivity index (χ3n) is 3.54. The normalized spacial score (nSPS) is 35.7. The zero-order valence-electron chi connectivity index (χ0n) is 8.05. The first-order chi connectivity index (χ1) is 7.63. The van der Waals surface area contributed by atoms with E-state index in [0.29, 0.717) is 0 Å². The minimum atomic E-state index is -1.65. The van der Waals surface area contributed by atoms with Crippen molar-refractivity contribution in [2.24, 2.45) is 22.7 Å². The third kappa shape index (κ3) is 0.748. The van der Waals surface area contributed by atoms with E-state index in [1.807, 2.05) is 24.3 Å². The summed E-state index contributed by atoms with van der Waals surface area (Å²) in [6.07, 6.45) is 3.34. The van der Waals surface area contributed by atoms with Gasteiger partial charge in [-0.3, -0.25) is 0 Å². The van der Waals surface area contributed by atoms with Gasteiger partial charge >= 0.3 is 0 Å². The van der Waals surface area contributed by atoms with Gasteiger partial charge in [-0.05, 0) is 0 Å². The van der Waals surface area contributed by atoms with Crippen LogP contribution in [0.15, 0.2) is 12.2 Å². The minimum Gasteiger partial charge on any atom is -0.196 e. The Hall–Kier alpha value is -2.01. The van der Waals surface area contributed by atoms with Crippen molar-refractivity contribution in [3.63, 3.8) is 0 Å². The summed E-state index contributed by atoms with van der Waals surface area (Å²) in [7, 11) is 0. The number of allylic oxidation sites excluding steroid dienone is 2. The Morgan fingerprint density at radius 1 is 0.812 bits per heavy atom. The van der Waals surface area contributed by atoms with Gasteiger partial charge in [-0.2, -0.15) is 21.0 Å². The van der Waals surface area contributed by atoms with E-state index in [-0.39, 0.29) is 0 Å². The highest BCUT2D eigenvalue weighted by molar-refractivity contribution is 6.22. The predicted octanol–water partition coefficient (Wildman–Crippen LogP) is 1.48. The quantitative estimate of drug-likeness (QED) is 0.463. The average molecular weight is 229 g/mol. The smallest absolute Gasteiger partial charge is 0.183 e. The Kier molecular flexibility index (Phi) is 1.96. The second-order valence-corrected chi connectivity index (χ2v) is 4.45. The maximum absolute atomic E-state index is 9.19. The maximum atomic E-state index is 9.19. The van der Waals surface area contributed by atoms with E-state index in [2.05, 4.69) is 0 Å². The molecule has 0 aromatic heterocycles. The molecule has 0 amide bonds. The molecular weight excluding hydrogens is 224 g/mol. The van der Waals surface area contributed by atoms with Crippen LogP contribution in [0.5, 0.6) is 0 Å². The Morgan fingerprint density at radius 2 is 1.12 bits per heavy atom. The first kappa shape index (κ1) is 10.5. The lowest BCUT2D eigenvalue weighted by molar-refractivity contribution is 0.276. The van der Waals surface area contributed by atoms with Crippen LogP contribution in [0, 0.1) is 68.0 Å². The van der Waals surface area contributed by atoms with Crippen LogP contribution in [0.25, 0.3) is 0 Å². The first-order valence-corrected chi connectivity index (χ1v) is 5.04. The van der Waals surface area contributed by atoms with Gasteiger partial charge in [-0.1, -0.05) is 12.2 Å². The Labute approximate surface area is 97.6 Å². The van der Waals surface area contributed by atoms with Crippen LogP contribution < -0.4 is 0 Å². The van der Waals surface area contributed by atoms with Gasteiger partial charge in [-0.15, -0.1) is 11.6 Å². The molecule has 2 aliphatic carbocycles. The summed E-state index contributed by atoms with van der Waals surface area (Å²) in [5, 5.41) is 36.2. The molecule has 2 rings (SSSR count). The number of alkyl halides is 1. The number of hydrogen-bond donors (Lipinski definition) is 0. The lowest BCUT2D eigenvalue weighted by atomic mass is 9.61. The summed E-state index contributed by atoms with van der Waals surface area (Å²) in [5.74, 6) is -1.10. The van der Waals surface area contributed by atoms with Gasteiger partial charge in [0.25, 0.3) is 0 Å². The molecule has 1 fully saturated rings. The van der Waals surface area contributed by atoms with Crippen LogP contribution in [0.1, 0.15) is 0 Å². The van der Waals surface area contributed by atoms with Crippen molar-refractivity contribution in [3.05, 3.63) is 12.2 Å². The largest absolute Gasteiger partial charge is 0.196 e. The van der Waals surface area contributed by atoms with E-state index >= 15 is 0 Å². The van der Waals surface area contributed by atoms with Gasteiger partial charge in [0, 0.05) is 11.8 Å². The number of rotatable bonds is 0. The van der Waals surface area contributed by atoms with Crippen molar-refractivity contribution >= 4 is 11.6 Å². The SMILES string of the molecule is N#CC1(C#N)[C@@H]2C=C[C@@H](C2Cl)C1(C#N)C#N. The Bertz CT molecular complexity index is 460. The monoisotopic (exact) mass is 228 g/mol. The Morgan fingerprint density at radius 3 is 1.38 bits per heavy atom. The molecular formula is C11H5ClN4. The van der Waals surface area contributed by atoms with Gasteiger partial charge in [-0.25, -0.2) is 0 Å². The highest BCUT2D eigenvalue weighted by Gasteiger charge is 2.73. The molecule has 0 saturated heterocycles. The van der Waals surface area contributed by atoms with Gasteiger partial charge in [0.15, 0.2) is 10.8 Å². The molecule has 3 atom stereocenters. The molecule has 0 N–H and O–H groups in total. The molecule has 0 aliphatic heterocycles. The summed E-state index contributed by atoms with van der Waals surface area (Å²) >= 11 is 6.09. The summed E-state index contributed by atoms with van der Waals surface area (Å²) in [5.41, 5.74) is -3.30. The highest BCUT2D eigenvalue weighted by atomic mass is 35.5. The molecule has 0 heterocycles. The molecule has 0 aromatic carbocycles. The average Bonchev–Trinajstić information content (AvgIpc) is 2.79. The number of hydrogen-bond acceptors (Lipinski definition) is 4. The van der Waals surface area contributed by atoms with E-state index in [4.69, 9.17) is 11.6 Å². The molecule has 1 unspecified atom stereocenters. The van der Waals surface area contributed by atoms with Crippen molar-refractivity contribution in [3.8, 4) is 24.3 Å². The van der Waals surface area contributed by atoms with Crippen molar-refractivity contribution in [2.45, 2.75) is 5.38 Å². The van der Waals surface area contributed by atoms with Gasteiger partial charge in [0.2, 0.25) is 0 Å². The van der Waals surface area contributed by atoms with E-state index in [1.54, 1.807) is 12.2 Å². The molecule has 76 valence electrons. The molecule has 4 nitrogen and oxygen atoms in total. The van der Waals surface area contributed by atoms with E-state index in [1.165, 1.54) is 0 Å². The molecule has 5 heteroatoms. The molecule has 0 aromatic rings. The van der Waals surface area contributed by atoms with Crippen LogP contribution >= 0.6 is 11.6 Å². The molecule has 16 heavy (non-hydrogen) atoms. The lowest BCUT2D eigenvalue weighted by Crippen LogP contribution is -2.41. The summed E-state index contributed by atoms with van der Waals surface area (Å²) < 4.78 is 0. The van der Waals surface area contributed by atoms with Crippen LogP contribution in [-0.2, 0) is 0 Å². The van der Waals surface area contributed by atoms with Crippen molar-refractivity contribution in [1.82, 2.24) is 0 Å². The fraction of sp³-hybridized carbons (Fsp3) is 0.455. The van der Waals surface area contributed by atoms with Gasteiger partial charge in [0.05, 0.1) is 29.7 Å². The fourth-order valence-corrected chi connectivity index (χ4v) is 3.21. The third-order valence-corrected chi connectivity index (χ3v) is 4.08. The topological polar surface area (TPSA) is 95.2 Å². The minimum absolute atomic E-state index is 0.529. The van der Waals surface area contributed by atoms with Crippen molar-refractivity contribution in [1.29, 1.82) is 21.0 Å². The molecule has 1 saturated carbocycles. The molecule has 0 radical (unpaired) electrons. The van der Waals surface area contributed by atoms with Gasteiger partial charge < -0.3 is 0 Å². The van der Waals surface area contributed by atoms with Crippen LogP contribution in [-0.4, -0.2) is 5.38 Å². The highest BCUT2D eigenvalue weighted by Crippen LogP contribution is 2.64. The van der Waals surface area contributed by atoms with E-state index in [9.17, 15) is 21.0 Å². The first-order valence-electron chi connectivity index (χ1n) is 4.61. The number of nitriles is 4. The fourth-order valence-electron chi connectivity index (χ4n) is 2.67. The summed E-state index contributed by atoms with van der Waals surface area (Å²) in [4.78, 5) is 0. The van der Waals surface area contributed by atoms with Crippen LogP contribution in [0.3, 0.4) is 0 Å². The second kappa shape index (κ2) is 2.99. The second-order valence-electron chi connectivity index (χ2n) is 3.94. The number of fused-ring (bicyclic) bond motifs is 2. The predicted molar refractivity (Wildman–Crippen MR) is 53.1 cm³/mol. The maximum Gasteiger partial charge on any atom is 0.183 e. The molecule has 0 spiro atoms. The van der Waals surface area contributed by atoms with E-state index in [0.717, 1.165) is 0 Å². The number of halogens is 1. The summed E-state index contributed by atoms with van der Waals surface area (Å²) in [6, 6.07) is 7.36. The van der Waals surface area contributed by atoms with Gasteiger partial charge in [0.1, 0.15) is 0 Å². The van der Waals surface area contributed by atoms with E-state index < -0.39 is 28.0 Å². The zero-order valence-corrected chi connectivity index (χ0v) is 8.81. The summed E-state index contributed by atoms with van der Waals surface area (Å²) in [6.45, 7) is 0.